The molecule has 2 N–H and O–H groups in total. The van der Waals surface area contributed by atoms with Crippen molar-refractivity contribution in [2.45, 2.75) is 38.0 Å². The highest BCUT2D eigenvalue weighted by Crippen LogP contribution is 2.18. The second kappa shape index (κ2) is 4.37. The Morgan fingerprint density at radius 3 is 2.87 bits per heavy atom. The Morgan fingerprint density at radius 1 is 1.53 bits per heavy atom. The summed E-state index contributed by atoms with van der Waals surface area (Å²) in [7, 11) is 0. The maximum Gasteiger partial charge on any atom is 0.410 e. The van der Waals surface area contributed by atoms with Gasteiger partial charge in [-0.25, -0.2) is 4.79 Å². The van der Waals surface area contributed by atoms with E-state index in [2.05, 4.69) is 0 Å². The van der Waals surface area contributed by atoms with Gasteiger partial charge in [0.15, 0.2) is 0 Å². The number of rotatable bonds is 1. The summed E-state index contributed by atoms with van der Waals surface area (Å²) in [6, 6.07) is 0.164. The molecule has 0 aromatic heterocycles. The topological polar surface area (TPSA) is 64.8 Å². The molecule has 0 bridgehead atoms. The highest BCUT2D eigenvalue weighted by molar-refractivity contribution is 5.68. The van der Waals surface area contributed by atoms with Gasteiger partial charge in [-0.2, -0.15) is 0 Å². The molecule has 5 heteroatoms. The SMILES string of the molecule is CC1C(N)CCN1C(=O)OC1CCOC1. The van der Waals surface area contributed by atoms with E-state index in [1.165, 1.54) is 0 Å². The molecule has 2 rings (SSSR count). The van der Waals surface area contributed by atoms with Crippen LogP contribution in [-0.2, 0) is 9.47 Å². The van der Waals surface area contributed by atoms with E-state index in [1.54, 1.807) is 4.90 Å². The molecule has 86 valence electrons. The average Bonchev–Trinajstić information content (AvgIpc) is 2.79. The summed E-state index contributed by atoms with van der Waals surface area (Å²) in [4.78, 5) is 13.5. The first kappa shape index (κ1) is 10.7. The molecule has 2 aliphatic heterocycles. The number of amides is 1. The second-order valence-corrected chi connectivity index (χ2v) is 4.26. The zero-order valence-corrected chi connectivity index (χ0v) is 9.02. The van der Waals surface area contributed by atoms with Gasteiger partial charge in [0, 0.05) is 25.0 Å². The minimum atomic E-state index is -0.244. The normalized spacial score (nSPS) is 35.9. The quantitative estimate of drug-likeness (QED) is 0.683. The number of hydrogen-bond acceptors (Lipinski definition) is 4. The smallest absolute Gasteiger partial charge is 0.410 e. The van der Waals surface area contributed by atoms with Crippen molar-refractivity contribution in [2.75, 3.05) is 19.8 Å². The molecule has 0 aromatic rings. The van der Waals surface area contributed by atoms with Gasteiger partial charge in [0.1, 0.15) is 6.10 Å². The lowest BCUT2D eigenvalue weighted by Crippen LogP contribution is -2.41. The largest absolute Gasteiger partial charge is 0.444 e. The van der Waals surface area contributed by atoms with Gasteiger partial charge in [-0.05, 0) is 13.3 Å². The van der Waals surface area contributed by atoms with Crippen molar-refractivity contribution < 1.29 is 14.3 Å². The van der Waals surface area contributed by atoms with Crippen LogP contribution < -0.4 is 5.73 Å². The third-order valence-electron chi connectivity index (χ3n) is 3.20. The number of hydrogen-bond donors (Lipinski definition) is 1. The molecule has 0 aromatic carbocycles. The summed E-state index contributed by atoms with van der Waals surface area (Å²) in [5.74, 6) is 0. The predicted octanol–water partition coefficient (Wildman–Crippen LogP) is 0.333. The summed E-state index contributed by atoms with van der Waals surface area (Å²) in [5, 5.41) is 0. The van der Waals surface area contributed by atoms with Gasteiger partial charge in [0.2, 0.25) is 0 Å². The van der Waals surface area contributed by atoms with Crippen LogP contribution in [0.5, 0.6) is 0 Å². The fourth-order valence-electron chi connectivity index (χ4n) is 2.04. The Bertz CT molecular complexity index is 241. The molecule has 5 nitrogen and oxygen atoms in total. The average molecular weight is 214 g/mol. The van der Waals surface area contributed by atoms with Crippen LogP contribution in [0.25, 0.3) is 0 Å². The van der Waals surface area contributed by atoms with E-state index in [-0.39, 0.29) is 24.3 Å². The van der Waals surface area contributed by atoms with Gasteiger partial charge in [-0.3, -0.25) is 0 Å². The van der Waals surface area contributed by atoms with Gasteiger partial charge in [0.25, 0.3) is 0 Å². The highest BCUT2D eigenvalue weighted by atomic mass is 16.6. The van der Waals surface area contributed by atoms with Crippen molar-refractivity contribution in [1.82, 2.24) is 4.90 Å². The van der Waals surface area contributed by atoms with E-state index in [0.29, 0.717) is 19.8 Å². The number of carbonyl (C=O) groups is 1. The zero-order chi connectivity index (χ0) is 10.8. The van der Waals surface area contributed by atoms with Crippen LogP contribution in [0.15, 0.2) is 0 Å². The van der Waals surface area contributed by atoms with Crippen LogP contribution in [0.4, 0.5) is 4.79 Å². The second-order valence-electron chi connectivity index (χ2n) is 4.26. The first-order valence-corrected chi connectivity index (χ1v) is 5.49. The molecule has 2 saturated heterocycles. The van der Waals surface area contributed by atoms with Crippen molar-refractivity contribution in [1.29, 1.82) is 0 Å². The van der Waals surface area contributed by atoms with Crippen LogP contribution in [0.2, 0.25) is 0 Å². The fraction of sp³-hybridized carbons (Fsp3) is 0.900. The molecule has 2 fully saturated rings. The standard InChI is InChI=1S/C10H18N2O3/c1-7-9(11)2-4-12(7)10(13)15-8-3-5-14-6-8/h7-9H,2-6,11H2,1H3. The number of nitrogens with zero attached hydrogens (tertiary/aromatic N) is 1. The van der Waals surface area contributed by atoms with Gasteiger partial charge < -0.3 is 20.1 Å². The van der Waals surface area contributed by atoms with Crippen molar-refractivity contribution in [3.8, 4) is 0 Å². The number of carbonyl (C=O) groups excluding carboxylic acids is 1. The van der Waals surface area contributed by atoms with Gasteiger partial charge in [-0.1, -0.05) is 0 Å². The summed E-state index contributed by atoms with van der Waals surface area (Å²) in [6.45, 7) is 3.88. The summed E-state index contributed by atoms with van der Waals surface area (Å²) >= 11 is 0. The summed E-state index contributed by atoms with van der Waals surface area (Å²) < 4.78 is 10.5. The van der Waals surface area contributed by atoms with E-state index >= 15 is 0 Å². The lowest BCUT2D eigenvalue weighted by atomic mass is 10.2. The summed E-state index contributed by atoms with van der Waals surface area (Å²) in [6.07, 6.45) is 1.35. The molecule has 15 heavy (non-hydrogen) atoms. The van der Waals surface area contributed by atoms with Crippen molar-refractivity contribution in [3.63, 3.8) is 0 Å². The van der Waals surface area contributed by atoms with Gasteiger partial charge in [-0.15, -0.1) is 0 Å². The zero-order valence-electron chi connectivity index (χ0n) is 9.02. The number of likely N-dealkylation sites (tertiary alicyclic amines) is 1. The van der Waals surface area contributed by atoms with Gasteiger partial charge >= 0.3 is 6.09 Å². The Morgan fingerprint density at radius 2 is 2.33 bits per heavy atom. The third-order valence-corrected chi connectivity index (χ3v) is 3.20. The van der Waals surface area contributed by atoms with Crippen molar-refractivity contribution in [3.05, 3.63) is 0 Å². The maximum absolute atomic E-state index is 11.7. The Balaban J connectivity index is 1.85. The monoisotopic (exact) mass is 214 g/mol. The van der Waals surface area contributed by atoms with Crippen LogP contribution in [0.1, 0.15) is 19.8 Å². The van der Waals surface area contributed by atoms with E-state index in [1.807, 2.05) is 6.92 Å². The molecule has 0 radical (unpaired) electrons. The molecule has 2 aliphatic rings. The predicted molar refractivity (Wildman–Crippen MR) is 54.5 cm³/mol. The Hall–Kier alpha value is -0.810. The molecular weight excluding hydrogens is 196 g/mol. The Kier molecular flexibility index (Phi) is 3.11. The molecule has 0 saturated carbocycles. The fourth-order valence-corrected chi connectivity index (χ4v) is 2.04. The van der Waals surface area contributed by atoms with E-state index in [4.69, 9.17) is 15.2 Å². The molecule has 0 spiro atoms. The molecule has 3 unspecified atom stereocenters. The van der Waals surface area contributed by atoms with E-state index < -0.39 is 0 Å². The molecule has 0 aliphatic carbocycles. The maximum atomic E-state index is 11.7. The van der Waals surface area contributed by atoms with Crippen molar-refractivity contribution >= 4 is 6.09 Å². The summed E-state index contributed by atoms with van der Waals surface area (Å²) in [5.41, 5.74) is 5.84. The van der Waals surface area contributed by atoms with E-state index in [0.717, 1.165) is 12.8 Å². The van der Waals surface area contributed by atoms with Crippen molar-refractivity contribution in [2.24, 2.45) is 5.73 Å². The first-order chi connectivity index (χ1) is 7.18. The number of ether oxygens (including phenoxy) is 2. The third kappa shape index (κ3) is 2.23. The minimum absolute atomic E-state index is 0.0680. The van der Waals surface area contributed by atoms with Crippen LogP contribution in [0.3, 0.4) is 0 Å². The van der Waals surface area contributed by atoms with Crippen LogP contribution in [-0.4, -0.2) is 48.9 Å². The van der Waals surface area contributed by atoms with Crippen LogP contribution in [0, 0.1) is 0 Å². The molecule has 3 atom stereocenters. The van der Waals surface area contributed by atoms with Crippen LogP contribution >= 0.6 is 0 Å². The molecule has 1 amide bonds. The lowest BCUT2D eigenvalue weighted by molar-refractivity contribution is 0.0527. The first-order valence-electron chi connectivity index (χ1n) is 5.49. The molecular formula is C10H18N2O3. The Labute approximate surface area is 89.5 Å². The highest BCUT2D eigenvalue weighted by Gasteiger charge is 2.34. The van der Waals surface area contributed by atoms with E-state index in [9.17, 15) is 4.79 Å². The lowest BCUT2D eigenvalue weighted by Gasteiger charge is -2.24. The minimum Gasteiger partial charge on any atom is -0.444 e. The van der Waals surface area contributed by atoms with Gasteiger partial charge in [0.05, 0.1) is 13.2 Å². The molecule has 2 heterocycles. The number of nitrogens with two attached hydrogens (primary N) is 1.